The third-order valence-corrected chi connectivity index (χ3v) is 8.39. The van der Waals surface area contributed by atoms with Crippen molar-refractivity contribution in [2.75, 3.05) is 26.7 Å². The number of carbonyl (C=O) groups is 4. The summed E-state index contributed by atoms with van der Waals surface area (Å²) in [4.78, 5) is 57.5. The van der Waals surface area contributed by atoms with Crippen molar-refractivity contribution in [1.29, 1.82) is 0 Å². The van der Waals surface area contributed by atoms with Gasteiger partial charge in [0.15, 0.2) is 0 Å². The summed E-state index contributed by atoms with van der Waals surface area (Å²) < 4.78 is 1.82. The molecular weight excluding hydrogens is 582 g/mol. The number of hydrogen-bond donors (Lipinski definition) is 3. The third kappa shape index (κ3) is 9.03. The van der Waals surface area contributed by atoms with Crippen molar-refractivity contribution < 1.29 is 19.2 Å². The molecular formula is C35H47N7O4. The lowest BCUT2D eigenvalue weighted by molar-refractivity contribution is -0.142. The Bertz CT molecular complexity index is 1510. The molecule has 4 amide bonds. The number of likely N-dealkylation sites (N-methyl/N-ethyl adjacent to an activating group) is 1. The maximum atomic E-state index is 13.7. The van der Waals surface area contributed by atoms with Crippen LogP contribution in [0.3, 0.4) is 0 Å². The molecule has 0 bridgehead atoms. The van der Waals surface area contributed by atoms with Gasteiger partial charge >= 0.3 is 0 Å². The Labute approximate surface area is 271 Å². The highest BCUT2D eigenvalue weighted by atomic mass is 16.2. The predicted molar refractivity (Wildman–Crippen MR) is 177 cm³/mol. The Morgan fingerprint density at radius 1 is 0.957 bits per heavy atom. The average molecular weight is 630 g/mol. The van der Waals surface area contributed by atoms with Gasteiger partial charge in [-0.3, -0.25) is 24.1 Å². The van der Waals surface area contributed by atoms with Gasteiger partial charge in [0.25, 0.3) is 0 Å². The first-order valence-electron chi connectivity index (χ1n) is 15.9. The van der Waals surface area contributed by atoms with E-state index in [1.807, 2.05) is 79.9 Å². The van der Waals surface area contributed by atoms with E-state index < -0.39 is 24.0 Å². The predicted octanol–water partition coefficient (Wildman–Crippen LogP) is 2.53. The molecule has 0 radical (unpaired) electrons. The minimum absolute atomic E-state index is 0.00744. The first-order valence-corrected chi connectivity index (χ1v) is 15.9. The fraction of sp³-hybridized carbons (Fsp3) is 0.457. The van der Waals surface area contributed by atoms with Gasteiger partial charge in [-0.1, -0.05) is 50.2 Å². The van der Waals surface area contributed by atoms with E-state index in [2.05, 4.69) is 33.2 Å². The summed E-state index contributed by atoms with van der Waals surface area (Å²) in [6.45, 7) is 10.7. The maximum absolute atomic E-state index is 13.7. The van der Waals surface area contributed by atoms with Crippen LogP contribution in [0.25, 0.3) is 5.69 Å². The van der Waals surface area contributed by atoms with Crippen LogP contribution in [0.2, 0.25) is 0 Å². The van der Waals surface area contributed by atoms with E-state index in [1.165, 1.54) is 4.90 Å². The first-order chi connectivity index (χ1) is 21.9. The zero-order chi connectivity index (χ0) is 33.4. The highest BCUT2D eigenvalue weighted by Gasteiger charge is 2.32. The number of aromatic nitrogens is 2. The number of benzene rings is 2. The van der Waals surface area contributed by atoms with Crippen LogP contribution in [0, 0.1) is 19.8 Å². The number of rotatable bonds is 7. The molecule has 3 atom stereocenters. The standard InChI is InChI=1S/C35H47N7O4/c1-23(2)17-30-35(46)40(6)26(5)33(44)39-29(20-27-11-8-7-9-12-27)34(45)36-14-16-41(22-32(43)38-30)21-28-25(4)18-24(3)19-31(28)42-15-10-13-37-42/h7-13,15,18-19,23,26,29-30H,14,16-17,20-22H2,1-6H3,(H,36,45)(H,38,43)(H,39,44)/t26-,29-,30-/m0/s1. The second-order valence-corrected chi connectivity index (χ2v) is 12.7. The van der Waals surface area contributed by atoms with Crippen LogP contribution < -0.4 is 16.0 Å². The van der Waals surface area contributed by atoms with E-state index in [0.717, 1.165) is 27.9 Å². The van der Waals surface area contributed by atoms with E-state index in [9.17, 15) is 19.2 Å². The average Bonchev–Trinajstić information content (AvgIpc) is 3.55. The van der Waals surface area contributed by atoms with Crippen molar-refractivity contribution in [3.63, 3.8) is 0 Å². The number of amides is 4. The molecule has 1 saturated heterocycles. The molecule has 11 nitrogen and oxygen atoms in total. The minimum atomic E-state index is -0.864. The van der Waals surface area contributed by atoms with Gasteiger partial charge in [-0.25, -0.2) is 4.68 Å². The molecule has 2 aromatic carbocycles. The fourth-order valence-electron chi connectivity index (χ4n) is 5.79. The highest BCUT2D eigenvalue weighted by molar-refractivity contribution is 5.94. The largest absolute Gasteiger partial charge is 0.353 e. The zero-order valence-corrected chi connectivity index (χ0v) is 27.7. The second-order valence-electron chi connectivity index (χ2n) is 12.7. The van der Waals surface area contributed by atoms with Crippen molar-refractivity contribution in [2.45, 2.75) is 72.1 Å². The van der Waals surface area contributed by atoms with Crippen LogP contribution in [-0.4, -0.2) is 88.0 Å². The van der Waals surface area contributed by atoms with Crippen molar-refractivity contribution in [1.82, 2.24) is 35.5 Å². The summed E-state index contributed by atoms with van der Waals surface area (Å²) in [7, 11) is 1.56. The lowest BCUT2D eigenvalue weighted by atomic mass is 10.0. The Morgan fingerprint density at radius 2 is 1.70 bits per heavy atom. The molecule has 1 aromatic heterocycles. The summed E-state index contributed by atoms with van der Waals surface area (Å²) in [5, 5.41) is 13.3. The Kier molecular flexibility index (Phi) is 11.7. The van der Waals surface area contributed by atoms with Gasteiger partial charge in [0.1, 0.15) is 18.1 Å². The second kappa shape index (κ2) is 15.7. The van der Waals surface area contributed by atoms with E-state index in [0.29, 0.717) is 19.5 Å². The quantitative estimate of drug-likeness (QED) is 0.369. The van der Waals surface area contributed by atoms with Crippen molar-refractivity contribution >= 4 is 23.6 Å². The number of nitrogens with one attached hydrogen (secondary N) is 3. The van der Waals surface area contributed by atoms with Gasteiger partial charge in [-0.05, 0) is 67.5 Å². The van der Waals surface area contributed by atoms with Crippen LogP contribution >= 0.6 is 0 Å². The molecule has 1 fully saturated rings. The van der Waals surface area contributed by atoms with Crippen LogP contribution in [0.15, 0.2) is 60.9 Å². The van der Waals surface area contributed by atoms with Gasteiger partial charge in [0.05, 0.1) is 12.2 Å². The fourth-order valence-corrected chi connectivity index (χ4v) is 5.79. The summed E-state index contributed by atoms with van der Waals surface area (Å²) in [6, 6.07) is 13.0. The minimum Gasteiger partial charge on any atom is -0.353 e. The molecule has 46 heavy (non-hydrogen) atoms. The summed E-state index contributed by atoms with van der Waals surface area (Å²) in [5.74, 6) is -1.32. The molecule has 1 aliphatic heterocycles. The Morgan fingerprint density at radius 3 is 2.37 bits per heavy atom. The number of aryl methyl sites for hydroxylation is 2. The first kappa shape index (κ1) is 34.4. The van der Waals surface area contributed by atoms with E-state index in [1.54, 1.807) is 20.2 Å². The van der Waals surface area contributed by atoms with Gasteiger partial charge in [-0.2, -0.15) is 5.10 Å². The maximum Gasteiger partial charge on any atom is 0.245 e. The Hall–Kier alpha value is -4.51. The molecule has 11 heteroatoms. The zero-order valence-electron chi connectivity index (χ0n) is 27.7. The van der Waals surface area contributed by atoms with Crippen molar-refractivity contribution in [2.24, 2.45) is 5.92 Å². The molecule has 246 valence electrons. The molecule has 2 heterocycles. The Balaban J connectivity index is 1.67. The summed E-state index contributed by atoms with van der Waals surface area (Å²) in [5.41, 5.74) is 4.96. The molecule has 0 saturated carbocycles. The monoisotopic (exact) mass is 629 g/mol. The summed E-state index contributed by atoms with van der Waals surface area (Å²) >= 11 is 0. The number of carbonyl (C=O) groups excluding carboxylic acids is 4. The topological polar surface area (TPSA) is 129 Å². The van der Waals surface area contributed by atoms with E-state index in [-0.39, 0.29) is 43.1 Å². The van der Waals surface area contributed by atoms with Gasteiger partial charge < -0.3 is 20.9 Å². The van der Waals surface area contributed by atoms with E-state index >= 15 is 0 Å². The lowest BCUT2D eigenvalue weighted by Crippen LogP contribution is -2.56. The van der Waals surface area contributed by atoms with Crippen molar-refractivity contribution in [3.05, 3.63) is 83.2 Å². The van der Waals surface area contributed by atoms with Gasteiger partial charge in [-0.15, -0.1) is 0 Å². The molecule has 0 aliphatic carbocycles. The molecule has 3 N–H and O–H groups in total. The molecule has 0 spiro atoms. The normalized spacial score (nSPS) is 20.9. The number of hydrogen-bond acceptors (Lipinski definition) is 6. The van der Waals surface area contributed by atoms with Crippen LogP contribution in [0.5, 0.6) is 0 Å². The molecule has 0 unspecified atom stereocenters. The molecule has 1 aliphatic rings. The van der Waals surface area contributed by atoms with E-state index in [4.69, 9.17) is 0 Å². The SMILES string of the molecule is Cc1cc(C)c(CN2CCNC(=O)[C@H](Cc3ccccc3)NC(=O)[C@H](C)N(C)C(=O)[C@H](CC(C)C)NC(=O)C2)c(-n2cccn2)c1. The highest BCUT2D eigenvalue weighted by Crippen LogP contribution is 2.22. The molecule has 3 aromatic rings. The summed E-state index contributed by atoms with van der Waals surface area (Å²) in [6.07, 6.45) is 4.32. The third-order valence-electron chi connectivity index (χ3n) is 8.39. The van der Waals surface area contributed by atoms with Crippen LogP contribution in [0.1, 0.15) is 49.4 Å². The van der Waals surface area contributed by atoms with Crippen LogP contribution in [-0.2, 0) is 32.1 Å². The van der Waals surface area contributed by atoms with Crippen molar-refractivity contribution in [3.8, 4) is 5.69 Å². The smallest absolute Gasteiger partial charge is 0.245 e. The number of nitrogens with zero attached hydrogens (tertiary/aromatic N) is 4. The van der Waals surface area contributed by atoms with Crippen LogP contribution in [0.4, 0.5) is 0 Å². The van der Waals surface area contributed by atoms with Gasteiger partial charge in [0, 0.05) is 45.5 Å². The van der Waals surface area contributed by atoms with Gasteiger partial charge in [0.2, 0.25) is 23.6 Å². The lowest BCUT2D eigenvalue weighted by Gasteiger charge is -2.30. The molecule has 4 rings (SSSR count).